The first-order valence-electron chi connectivity index (χ1n) is 36.7. The molecule has 0 saturated heterocycles. The molecule has 0 aromatic carbocycles. The van der Waals surface area contributed by atoms with Crippen molar-refractivity contribution < 1.29 is 15.0 Å². The molecule has 0 aliphatic heterocycles. The van der Waals surface area contributed by atoms with Crippen LogP contribution in [0.3, 0.4) is 0 Å². The first kappa shape index (κ1) is 80.8. The van der Waals surface area contributed by atoms with Crippen molar-refractivity contribution in [2.45, 2.75) is 373 Å². The van der Waals surface area contributed by atoms with Crippen LogP contribution in [-0.4, -0.2) is 34.9 Å². The summed E-state index contributed by atoms with van der Waals surface area (Å²) >= 11 is 0. The summed E-state index contributed by atoms with van der Waals surface area (Å²) < 4.78 is 0. The minimum absolute atomic E-state index is 0.0356. The van der Waals surface area contributed by atoms with Crippen LogP contribution < -0.4 is 5.32 Å². The maximum Gasteiger partial charge on any atom is 0.220 e. The van der Waals surface area contributed by atoms with Gasteiger partial charge in [-0.15, -0.1) is 0 Å². The Morgan fingerprint density at radius 3 is 0.786 bits per heavy atom. The quantitative estimate of drug-likeness (QED) is 0.0420. The summed E-state index contributed by atoms with van der Waals surface area (Å²) in [6, 6.07) is -0.549. The van der Waals surface area contributed by atoms with Crippen molar-refractivity contribution in [1.29, 1.82) is 0 Å². The molecule has 484 valence electrons. The van der Waals surface area contributed by atoms with Gasteiger partial charge in [0.2, 0.25) is 5.91 Å². The molecule has 0 aliphatic rings. The van der Waals surface area contributed by atoms with Crippen LogP contribution in [0.25, 0.3) is 0 Å². The molecule has 0 spiro atoms. The molecule has 4 nitrogen and oxygen atoms in total. The van der Waals surface area contributed by atoms with Crippen LogP contribution in [0.5, 0.6) is 0 Å². The van der Waals surface area contributed by atoms with Gasteiger partial charge < -0.3 is 15.5 Å². The number of allylic oxidation sites excluding steroid dienone is 20. The Morgan fingerprint density at radius 1 is 0.298 bits per heavy atom. The Kier molecular flexibility index (Phi) is 71.2. The number of carbonyl (C=O) groups excluding carboxylic acids is 1. The van der Waals surface area contributed by atoms with Gasteiger partial charge in [0.25, 0.3) is 0 Å². The van der Waals surface area contributed by atoms with Gasteiger partial charge in [-0.2, -0.15) is 0 Å². The summed E-state index contributed by atoms with van der Waals surface area (Å²) in [4.78, 5) is 12.6. The molecule has 0 aliphatic carbocycles. The summed E-state index contributed by atoms with van der Waals surface area (Å²) in [6.07, 6.45) is 113. The highest BCUT2D eigenvalue weighted by atomic mass is 16.3. The third-order valence-electron chi connectivity index (χ3n) is 16.5. The Labute approximate surface area is 524 Å². The summed E-state index contributed by atoms with van der Waals surface area (Å²) in [5, 5.41) is 23.5. The third kappa shape index (κ3) is 69.6. The van der Waals surface area contributed by atoms with E-state index in [9.17, 15) is 15.0 Å². The fraction of sp³-hybridized carbons (Fsp3) is 0.738. The van der Waals surface area contributed by atoms with Crippen LogP contribution in [0.2, 0.25) is 0 Å². The maximum atomic E-state index is 12.6. The summed E-state index contributed by atoms with van der Waals surface area (Å²) in [7, 11) is 0. The van der Waals surface area contributed by atoms with E-state index in [4.69, 9.17) is 0 Å². The number of aliphatic hydroxyl groups excluding tert-OH is 2. The number of aliphatic hydroxyl groups is 2. The van der Waals surface area contributed by atoms with Crippen molar-refractivity contribution >= 4 is 5.91 Å². The van der Waals surface area contributed by atoms with E-state index in [1.54, 1.807) is 0 Å². The molecule has 0 rings (SSSR count). The van der Waals surface area contributed by atoms with Crippen LogP contribution in [0, 0.1) is 0 Å². The van der Waals surface area contributed by atoms with Gasteiger partial charge >= 0.3 is 0 Å². The Bertz CT molecular complexity index is 1610. The highest BCUT2D eigenvalue weighted by Gasteiger charge is 2.20. The Morgan fingerprint density at radius 2 is 0.524 bits per heavy atom. The lowest BCUT2D eigenvalue weighted by Gasteiger charge is -2.22. The van der Waals surface area contributed by atoms with Crippen molar-refractivity contribution in [3.63, 3.8) is 0 Å². The SMILES string of the molecule is CC/C=C\C/C=C\C/C=C\C/C=C\C/C=C\C/C=C\C/C=C\C/C=C\C/C=C\C/C=C\CCCCCCCCCCCCC(=O)NC(CO)C(O)CCCCCCCCCCCCCCCCCCCCCCCCCCCCCCCCC. The lowest BCUT2D eigenvalue weighted by atomic mass is 10.0. The van der Waals surface area contributed by atoms with Gasteiger partial charge in [0.15, 0.2) is 0 Å². The molecular weight excluding hydrogens is 1020 g/mol. The molecule has 0 fully saturated rings. The molecule has 1 amide bonds. The second kappa shape index (κ2) is 74.0. The van der Waals surface area contributed by atoms with Crippen molar-refractivity contribution in [2.24, 2.45) is 0 Å². The standard InChI is InChI=1S/C80H141NO3/c1-3-5-7-9-11-13-15-17-19-21-23-25-27-29-31-33-35-36-37-38-39-40-41-42-43-44-46-48-50-52-54-56-58-60-62-64-66-68-70-72-74-76-80(84)81-78(77-82)79(83)75-73-71-69-67-65-63-61-59-57-55-53-51-49-47-45-34-32-30-28-26-24-22-20-18-16-14-12-10-8-6-4-2/h5,7,11,13,17,19,23,25,29,31,35-36,38-39,41-42,44,46,50,52,78-79,82-83H,3-4,6,8-10,12,14-16,18,20-22,24,26-28,30,32-34,37,40,43,45,47-49,51,53-77H2,1-2H3,(H,81,84)/b7-5-,13-11-,19-17-,25-23-,31-29-,36-35-,39-38-,42-41-,46-44-,52-50-. The molecule has 0 heterocycles. The van der Waals surface area contributed by atoms with Gasteiger partial charge in [-0.1, -0.05) is 386 Å². The van der Waals surface area contributed by atoms with Gasteiger partial charge in [-0.05, 0) is 89.9 Å². The highest BCUT2D eigenvalue weighted by molar-refractivity contribution is 5.76. The summed E-state index contributed by atoms with van der Waals surface area (Å²) in [5.41, 5.74) is 0. The number of rotatable bonds is 67. The first-order chi connectivity index (χ1) is 41.7. The Balaban J connectivity index is 3.51. The number of carbonyl (C=O) groups is 1. The monoisotopic (exact) mass is 1160 g/mol. The average molecular weight is 1170 g/mol. The zero-order chi connectivity index (χ0) is 60.5. The van der Waals surface area contributed by atoms with Crippen molar-refractivity contribution in [2.75, 3.05) is 6.61 Å². The van der Waals surface area contributed by atoms with Crippen molar-refractivity contribution in [1.82, 2.24) is 5.32 Å². The van der Waals surface area contributed by atoms with E-state index in [-0.39, 0.29) is 12.5 Å². The second-order valence-corrected chi connectivity index (χ2v) is 24.6. The average Bonchev–Trinajstić information content (AvgIpc) is 3.51. The smallest absolute Gasteiger partial charge is 0.220 e. The van der Waals surface area contributed by atoms with Gasteiger partial charge in [0, 0.05) is 6.42 Å². The van der Waals surface area contributed by atoms with Crippen LogP contribution in [0.15, 0.2) is 122 Å². The highest BCUT2D eigenvalue weighted by Crippen LogP contribution is 2.19. The van der Waals surface area contributed by atoms with E-state index >= 15 is 0 Å². The molecule has 3 N–H and O–H groups in total. The predicted molar refractivity (Wildman–Crippen MR) is 377 cm³/mol. The molecule has 2 atom stereocenters. The van der Waals surface area contributed by atoms with E-state index in [2.05, 4.69) is 141 Å². The number of hydrogen-bond donors (Lipinski definition) is 3. The third-order valence-corrected chi connectivity index (χ3v) is 16.5. The van der Waals surface area contributed by atoms with E-state index < -0.39 is 12.1 Å². The fourth-order valence-corrected chi connectivity index (χ4v) is 11.0. The minimum atomic E-state index is -0.671. The van der Waals surface area contributed by atoms with E-state index in [0.717, 1.165) is 89.9 Å². The topological polar surface area (TPSA) is 69.6 Å². The van der Waals surface area contributed by atoms with Crippen LogP contribution >= 0.6 is 0 Å². The molecule has 4 heteroatoms. The Hall–Kier alpha value is -3.21. The molecule has 0 aromatic heterocycles. The largest absolute Gasteiger partial charge is 0.394 e. The van der Waals surface area contributed by atoms with E-state index in [1.807, 2.05) is 0 Å². The zero-order valence-electron chi connectivity index (χ0n) is 55.9. The van der Waals surface area contributed by atoms with Crippen molar-refractivity contribution in [3.05, 3.63) is 122 Å². The predicted octanol–water partition coefficient (Wildman–Crippen LogP) is 25.5. The summed E-state index contributed by atoms with van der Waals surface area (Å²) in [5.74, 6) is -0.0356. The minimum Gasteiger partial charge on any atom is -0.394 e. The molecule has 0 saturated carbocycles. The van der Waals surface area contributed by atoms with Crippen LogP contribution in [-0.2, 0) is 4.79 Å². The first-order valence-corrected chi connectivity index (χ1v) is 36.7. The molecule has 84 heavy (non-hydrogen) atoms. The zero-order valence-corrected chi connectivity index (χ0v) is 55.9. The number of hydrogen-bond acceptors (Lipinski definition) is 3. The maximum absolute atomic E-state index is 12.6. The molecule has 0 radical (unpaired) electrons. The number of amides is 1. The normalized spacial score (nSPS) is 13.4. The fourth-order valence-electron chi connectivity index (χ4n) is 11.0. The van der Waals surface area contributed by atoms with Crippen LogP contribution in [0.1, 0.15) is 361 Å². The molecule has 0 aromatic rings. The lowest BCUT2D eigenvalue weighted by molar-refractivity contribution is -0.123. The number of unbranched alkanes of at least 4 members (excludes halogenated alkanes) is 40. The van der Waals surface area contributed by atoms with E-state index in [0.29, 0.717) is 12.8 Å². The number of nitrogens with one attached hydrogen (secondary N) is 1. The lowest BCUT2D eigenvalue weighted by Crippen LogP contribution is -2.45. The van der Waals surface area contributed by atoms with Crippen molar-refractivity contribution in [3.8, 4) is 0 Å². The van der Waals surface area contributed by atoms with Crippen LogP contribution in [0.4, 0.5) is 0 Å². The van der Waals surface area contributed by atoms with Gasteiger partial charge in [0.05, 0.1) is 18.8 Å². The molecule has 2 unspecified atom stereocenters. The molecular formula is C80H141NO3. The van der Waals surface area contributed by atoms with Gasteiger partial charge in [-0.25, -0.2) is 0 Å². The van der Waals surface area contributed by atoms with E-state index in [1.165, 1.54) is 244 Å². The second-order valence-electron chi connectivity index (χ2n) is 24.6. The van der Waals surface area contributed by atoms with Gasteiger partial charge in [-0.3, -0.25) is 4.79 Å². The molecule has 0 bridgehead atoms. The van der Waals surface area contributed by atoms with Gasteiger partial charge in [0.1, 0.15) is 0 Å². The summed E-state index contributed by atoms with van der Waals surface area (Å²) in [6.45, 7) is 4.27.